The van der Waals surface area contributed by atoms with E-state index in [0.717, 1.165) is 0 Å². The Morgan fingerprint density at radius 2 is 2.10 bits per heavy atom. The normalized spacial score (nSPS) is 39.6. The molecule has 1 aliphatic carbocycles. The second kappa shape index (κ2) is 2.43. The second-order valence-electron chi connectivity index (χ2n) is 2.83. The molecule has 3 N–H and O–H groups in total. The van der Waals surface area contributed by atoms with E-state index in [2.05, 4.69) is 0 Å². The van der Waals surface area contributed by atoms with Gasteiger partial charge in [0.05, 0.1) is 6.10 Å². The Morgan fingerprint density at radius 3 is 2.50 bits per heavy atom. The lowest BCUT2D eigenvalue weighted by atomic mass is 9.90. The molecule has 0 heterocycles. The van der Waals surface area contributed by atoms with E-state index in [-0.39, 0.29) is 12.8 Å². The van der Waals surface area contributed by atoms with Gasteiger partial charge in [0, 0.05) is 18.9 Å². The van der Waals surface area contributed by atoms with Crippen molar-refractivity contribution in [2.75, 3.05) is 0 Å². The first-order valence-corrected chi connectivity index (χ1v) is 3.33. The molecule has 1 fully saturated rings. The van der Waals surface area contributed by atoms with Crippen molar-refractivity contribution in [2.24, 2.45) is 5.73 Å². The maximum absolute atomic E-state index is 12.4. The van der Waals surface area contributed by atoms with Crippen LogP contribution in [-0.2, 0) is 0 Å². The fourth-order valence-corrected chi connectivity index (χ4v) is 1.13. The molecule has 0 amide bonds. The first kappa shape index (κ1) is 7.88. The molecule has 1 saturated carbocycles. The number of aliphatic hydroxyl groups is 1. The largest absolute Gasteiger partial charge is 0.391 e. The van der Waals surface area contributed by atoms with Gasteiger partial charge in [-0.05, 0) is 6.42 Å². The minimum atomic E-state index is -2.70. The Hall–Kier alpha value is -0.220. The highest BCUT2D eigenvalue weighted by molar-refractivity contribution is 4.86. The van der Waals surface area contributed by atoms with Crippen LogP contribution in [0.25, 0.3) is 0 Å². The average molecular weight is 151 g/mol. The van der Waals surface area contributed by atoms with Gasteiger partial charge in [-0.1, -0.05) is 0 Å². The number of rotatable bonds is 0. The molecule has 0 bridgehead atoms. The van der Waals surface area contributed by atoms with Crippen molar-refractivity contribution < 1.29 is 13.9 Å². The van der Waals surface area contributed by atoms with Gasteiger partial charge in [-0.25, -0.2) is 8.78 Å². The van der Waals surface area contributed by atoms with E-state index >= 15 is 0 Å². The third-order valence-electron chi connectivity index (χ3n) is 1.85. The second-order valence-corrected chi connectivity index (χ2v) is 2.83. The summed E-state index contributed by atoms with van der Waals surface area (Å²) in [6.45, 7) is 0. The molecule has 0 spiro atoms. The molecule has 2 atom stereocenters. The van der Waals surface area contributed by atoms with E-state index in [0.29, 0.717) is 0 Å². The van der Waals surface area contributed by atoms with Gasteiger partial charge in [0.2, 0.25) is 0 Å². The minimum Gasteiger partial charge on any atom is -0.391 e. The summed E-state index contributed by atoms with van der Waals surface area (Å²) in [4.78, 5) is 0. The Bertz CT molecular complexity index is 129. The highest BCUT2D eigenvalue weighted by Gasteiger charge is 2.39. The summed E-state index contributed by atoms with van der Waals surface area (Å²) in [5.41, 5.74) is 5.32. The molecule has 0 saturated heterocycles. The predicted octanol–water partition coefficient (Wildman–Crippen LogP) is 0.494. The van der Waals surface area contributed by atoms with Crippen LogP contribution in [0.1, 0.15) is 19.3 Å². The van der Waals surface area contributed by atoms with Crippen molar-refractivity contribution in [1.82, 2.24) is 0 Å². The molecule has 10 heavy (non-hydrogen) atoms. The zero-order valence-electron chi connectivity index (χ0n) is 5.56. The standard InChI is InChI=1S/C6H11F2NO/c7-6(8)2-1-4(9)5(10)3-6/h4-5,10H,1-3,9H2/t4-,5+/m0/s1. The van der Waals surface area contributed by atoms with Crippen LogP contribution in [0.2, 0.25) is 0 Å². The summed E-state index contributed by atoms with van der Waals surface area (Å²) in [7, 11) is 0. The molecule has 1 rings (SSSR count). The molecule has 60 valence electrons. The van der Waals surface area contributed by atoms with Gasteiger partial charge in [-0.15, -0.1) is 0 Å². The summed E-state index contributed by atoms with van der Waals surface area (Å²) in [5, 5.41) is 8.91. The Labute approximate surface area is 58.0 Å². The van der Waals surface area contributed by atoms with Crippen molar-refractivity contribution in [3.05, 3.63) is 0 Å². The fraction of sp³-hybridized carbons (Fsp3) is 1.00. The highest BCUT2D eigenvalue weighted by Crippen LogP contribution is 2.32. The van der Waals surface area contributed by atoms with Crippen molar-refractivity contribution in [2.45, 2.75) is 37.3 Å². The smallest absolute Gasteiger partial charge is 0.250 e. The van der Waals surface area contributed by atoms with Crippen LogP contribution >= 0.6 is 0 Å². The van der Waals surface area contributed by atoms with Gasteiger partial charge >= 0.3 is 0 Å². The van der Waals surface area contributed by atoms with Crippen LogP contribution in [0.3, 0.4) is 0 Å². The fourth-order valence-electron chi connectivity index (χ4n) is 1.13. The Morgan fingerprint density at radius 1 is 1.50 bits per heavy atom. The first-order valence-electron chi connectivity index (χ1n) is 3.33. The molecule has 4 heteroatoms. The molecular formula is C6H11F2NO. The molecule has 0 aliphatic heterocycles. The summed E-state index contributed by atoms with van der Waals surface area (Å²) < 4.78 is 24.8. The number of aliphatic hydroxyl groups excluding tert-OH is 1. The van der Waals surface area contributed by atoms with E-state index in [4.69, 9.17) is 10.8 Å². The monoisotopic (exact) mass is 151 g/mol. The van der Waals surface area contributed by atoms with E-state index in [1.165, 1.54) is 0 Å². The van der Waals surface area contributed by atoms with Gasteiger partial charge in [0.15, 0.2) is 0 Å². The molecule has 0 aromatic heterocycles. The SMILES string of the molecule is N[C@H]1CCC(F)(F)C[C@H]1O. The lowest BCUT2D eigenvalue weighted by Gasteiger charge is -2.30. The molecule has 1 aliphatic rings. The number of nitrogens with two attached hydrogens (primary N) is 1. The summed E-state index contributed by atoms with van der Waals surface area (Å²) in [5.74, 6) is -2.70. The third kappa shape index (κ3) is 1.64. The van der Waals surface area contributed by atoms with E-state index in [1.54, 1.807) is 0 Å². The van der Waals surface area contributed by atoms with Crippen molar-refractivity contribution in [3.8, 4) is 0 Å². The third-order valence-corrected chi connectivity index (χ3v) is 1.85. The maximum Gasteiger partial charge on any atom is 0.250 e. The summed E-state index contributed by atoms with van der Waals surface area (Å²) in [6.07, 6.45) is -1.48. The number of alkyl halides is 2. The predicted molar refractivity (Wildman–Crippen MR) is 32.8 cm³/mol. The lowest BCUT2D eigenvalue weighted by molar-refractivity contribution is -0.0825. The minimum absolute atomic E-state index is 0.189. The zero-order chi connectivity index (χ0) is 7.78. The van der Waals surface area contributed by atoms with Crippen LogP contribution in [0, 0.1) is 0 Å². The summed E-state index contributed by atoms with van der Waals surface area (Å²) >= 11 is 0. The quantitative estimate of drug-likeness (QED) is 0.529. The van der Waals surface area contributed by atoms with Crippen LogP contribution in [-0.4, -0.2) is 23.2 Å². The van der Waals surface area contributed by atoms with Crippen molar-refractivity contribution >= 4 is 0 Å². The lowest BCUT2D eigenvalue weighted by Crippen LogP contribution is -2.44. The molecule has 2 nitrogen and oxygen atoms in total. The van der Waals surface area contributed by atoms with E-state index < -0.39 is 24.5 Å². The zero-order valence-corrected chi connectivity index (χ0v) is 5.56. The molecule has 0 aromatic carbocycles. The van der Waals surface area contributed by atoms with Gasteiger partial charge in [-0.2, -0.15) is 0 Å². The van der Waals surface area contributed by atoms with Crippen molar-refractivity contribution in [1.29, 1.82) is 0 Å². The van der Waals surface area contributed by atoms with Crippen LogP contribution in [0.15, 0.2) is 0 Å². The van der Waals surface area contributed by atoms with Crippen LogP contribution in [0.4, 0.5) is 8.78 Å². The molecular weight excluding hydrogens is 140 g/mol. The van der Waals surface area contributed by atoms with Crippen molar-refractivity contribution in [3.63, 3.8) is 0 Å². The first-order chi connectivity index (χ1) is 4.51. The highest BCUT2D eigenvalue weighted by atomic mass is 19.3. The topological polar surface area (TPSA) is 46.2 Å². The van der Waals surface area contributed by atoms with Gasteiger partial charge in [0.25, 0.3) is 5.92 Å². The molecule has 0 aromatic rings. The number of hydrogen-bond acceptors (Lipinski definition) is 2. The number of hydrogen-bond donors (Lipinski definition) is 2. The van der Waals surface area contributed by atoms with Crippen LogP contribution in [0.5, 0.6) is 0 Å². The maximum atomic E-state index is 12.4. The summed E-state index contributed by atoms with van der Waals surface area (Å²) in [6, 6.07) is -0.459. The van der Waals surface area contributed by atoms with Gasteiger partial charge in [-0.3, -0.25) is 0 Å². The van der Waals surface area contributed by atoms with E-state index in [1.807, 2.05) is 0 Å². The average Bonchev–Trinajstić information content (AvgIpc) is 1.79. The molecule has 0 radical (unpaired) electrons. The van der Waals surface area contributed by atoms with Gasteiger partial charge < -0.3 is 10.8 Å². The Balaban J connectivity index is 2.49. The molecule has 0 unspecified atom stereocenters. The van der Waals surface area contributed by atoms with Crippen LogP contribution < -0.4 is 5.73 Å². The number of halogens is 2. The Kier molecular flexibility index (Phi) is 1.92. The van der Waals surface area contributed by atoms with E-state index in [9.17, 15) is 8.78 Å². The van der Waals surface area contributed by atoms with Gasteiger partial charge in [0.1, 0.15) is 0 Å².